The van der Waals surface area contributed by atoms with E-state index in [1.165, 1.54) is 0 Å². The minimum atomic E-state index is -4.35. The van der Waals surface area contributed by atoms with E-state index < -0.39 is 12.8 Å². The van der Waals surface area contributed by atoms with E-state index in [0.717, 1.165) is 16.9 Å². The highest BCUT2D eigenvalue weighted by atomic mass is 19.4. The Morgan fingerprint density at radius 2 is 1.93 bits per heavy atom. The molecule has 0 radical (unpaired) electrons. The van der Waals surface area contributed by atoms with E-state index in [1.54, 1.807) is 24.3 Å². The lowest BCUT2D eigenvalue weighted by atomic mass is 10.0. The fourth-order valence-electron chi connectivity index (χ4n) is 2.95. The molecule has 8 heteroatoms. The topological polar surface area (TPSA) is 59.6 Å². The van der Waals surface area contributed by atoms with Crippen LogP contribution >= 0.6 is 0 Å². The molecule has 0 aliphatic carbocycles. The predicted molar refractivity (Wildman–Crippen MR) is 97.0 cm³/mol. The summed E-state index contributed by atoms with van der Waals surface area (Å²) in [7, 11) is 0. The molecule has 1 aliphatic heterocycles. The van der Waals surface area contributed by atoms with Crippen LogP contribution in [-0.2, 0) is 24.3 Å². The second-order valence-electron chi connectivity index (χ2n) is 6.57. The van der Waals surface area contributed by atoms with Gasteiger partial charge in [-0.15, -0.1) is 0 Å². The summed E-state index contributed by atoms with van der Waals surface area (Å²) in [6.45, 7) is -0.775. The van der Waals surface area contributed by atoms with Gasteiger partial charge in [-0.05, 0) is 29.2 Å². The quantitative estimate of drug-likeness (QED) is 0.788. The van der Waals surface area contributed by atoms with Crippen LogP contribution in [0, 0.1) is 0 Å². The Kier molecular flexibility index (Phi) is 6.41. The third-order valence-electron chi connectivity index (χ3n) is 4.19. The highest BCUT2D eigenvalue weighted by Crippen LogP contribution is 2.23. The summed E-state index contributed by atoms with van der Waals surface area (Å²) in [4.78, 5) is 12.1. The first-order chi connectivity index (χ1) is 13.4. The van der Waals surface area contributed by atoms with Crippen molar-refractivity contribution < 1.29 is 27.4 Å². The largest absolute Gasteiger partial charge is 0.491 e. The van der Waals surface area contributed by atoms with Crippen LogP contribution in [0.4, 0.5) is 18.0 Å². The minimum absolute atomic E-state index is 0.128. The Hall–Kier alpha value is -2.74. The summed E-state index contributed by atoms with van der Waals surface area (Å²) < 4.78 is 46.7. The number of hydrogen-bond acceptors (Lipinski definition) is 3. The van der Waals surface area contributed by atoms with Crippen LogP contribution < -0.4 is 15.4 Å². The number of rotatable bonds is 6. The second-order valence-corrected chi connectivity index (χ2v) is 6.57. The first-order valence-electron chi connectivity index (χ1n) is 8.86. The number of hydrogen-bond donors (Lipinski definition) is 2. The maximum absolute atomic E-state index is 12.1. The highest BCUT2D eigenvalue weighted by molar-refractivity contribution is 5.74. The first-order valence-corrected chi connectivity index (χ1v) is 8.86. The van der Waals surface area contributed by atoms with Gasteiger partial charge in [0.1, 0.15) is 19.0 Å². The van der Waals surface area contributed by atoms with E-state index in [1.807, 2.05) is 24.3 Å². The summed E-state index contributed by atoms with van der Waals surface area (Å²) in [5.74, 6) is 0.838. The van der Waals surface area contributed by atoms with Crippen molar-refractivity contribution in [2.24, 2.45) is 0 Å². The van der Waals surface area contributed by atoms with Gasteiger partial charge < -0.3 is 20.1 Å². The van der Waals surface area contributed by atoms with E-state index in [9.17, 15) is 18.0 Å². The number of carbonyl (C=O) groups excluding carboxylic acids is 1. The van der Waals surface area contributed by atoms with E-state index in [4.69, 9.17) is 4.74 Å². The van der Waals surface area contributed by atoms with Crippen molar-refractivity contribution in [2.45, 2.75) is 31.8 Å². The van der Waals surface area contributed by atoms with Crippen molar-refractivity contribution in [3.8, 4) is 5.75 Å². The monoisotopic (exact) mass is 394 g/mol. The van der Waals surface area contributed by atoms with Crippen LogP contribution in [0.2, 0.25) is 0 Å². The van der Waals surface area contributed by atoms with Crippen LogP contribution in [0.1, 0.15) is 16.7 Å². The number of amides is 2. The Labute approximate surface area is 160 Å². The number of urea groups is 1. The molecule has 5 nitrogen and oxygen atoms in total. The Morgan fingerprint density at radius 1 is 1.14 bits per heavy atom. The zero-order valence-electron chi connectivity index (χ0n) is 15.1. The average molecular weight is 394 g/mol. The van der Waals surface area contributed by atoms with Crippen molar-refractivity contribution in [1.29, 1.82) is 0 Å². The molecule has 1 unspecified atom stereocenters. The maximum Gasteiger partial charge on any atom is 0.411 e. The van der Waals surface area contributed by atoms with Crippen molar-refractivity contribution in [3.05, 3.63) is 65.2 Å². The number of alkyl halides is 3. The summed E-state index contributed by atoms with van der Waals surface area (Å²) in [6.07, 6.45) is -3.66. The Balaban J connectivity index is 1.44. The molecule has 28 heavy (non-hydrogen) atoms. The van der Waals surface area contributed by atoms with E-state index >= 15 is 0 Å². The van der Waals surface area contributed by atoms with Gasteiger partial charge in [-0.3, -0.25) is 0 Å². The van der Waals surface area contributed by atoms with Crippen molar-refractivity contribution >= 4 is 6.03 Å². The number of halogens is 3. The highest BCUT2D eigenvalue weighted by Gasteiger charge is 2.27. The summed E-state index contributed by atoms with van der Waals surface area (Å²) >= 11 is 0. The van der Waals surface area contributed by atoms with Crippen LogP contribution in [0.5, 0.6) is 5.75 Å². The van der Waals surface area contributed by atoms with Gasteiger partial charge in [0.25, 0.3) is 0 Å². The molecule has 0 fully saturated rings. The maximum atomic E-state index is 12.1. The predicted octanol–water partition coefficient (Wildman–Crippen LogP) is 3.57. The number of carbonyl (C=O) groups is 1. The zero-order valence-corrected chi connectivity index (χ0v) is 15.1. The van der Waals surface area contributed by atoms with E-state index in [0.29, 0.717) is 18.6 Å². The molecule has 2 amide bonds. The molecule has 0 saturated carbocycles. The van der Waals surface area contributed by atoms with Gasteiger partial charge in [0.05, 0.1) is 12.6 Å². The summed E-state index contributed by atoms with van der Waals surface area (Å²) in [6, 6.07) is 14.1. The van der Waals surface area contributed by atoms with Gasteiger partial charge in [-0.2, -0.15) is 13.2 Å². The molecule has 150 valence electrons. The number of ether oxygens (including phenoxy) is 2. The summed E-state index contributed by atoms with van der Waals surface area (Å²) in [5.41, 5.74) is 2.43. The molecule has 0 saturated heterocycles. The van der Waals surface area contributed by atoms with E-state index in [2.05, 4.69) is 15.4 Å². The fraction of sp³-hybridized carbons (Fsp3) is 0.350. The van der Waals surface area contributed by atoms with Crippen molar-refractivity contribution in [1.82, 2.24) is 10.6 Å². The molecular weight excluding hydrogens is 373 g/mol. The molecule has 1 atom stereocenters. The summed E-state index contributed by atoms with van der Waals surface area (Å²) in [5, 5.41) is 5.62. The molecule has 0 aromatic heterocycles. The molecular formula is C20H21F3N2O3. The van der Waals surface area contributed by atoms with Gasteiger partial charge in [0.15, 0.2) is 0 Å². The lowest BCUT2D eigenvalue weighted by Gasteiger charge is -2.26. The normalized spacial score (nSPS) is 16.0. The number of para-hydroxylation sites is 1. The fourth-order valence-corrected chi connectivity index (χ4v) is 2.95. The molecule has 1 heterocycles. The van der Waals surface area contributed by atoms with Gasteiger partial charge in [-0.1, -0.05) is 42.5 Å². The molecule has 0 bridgehead atoms. The Morgan fingerprint density at radius 3 is 2.75 bits per heavy atom. The van der Waals surface area contributed by atoms with Gasteiger partial charge >= 0.3 is 12.2 Å². The van der Waals surface area contributed by atoms with Crippen LogP contribution in [0.25, 0.3) is 0 Å². The lowest BCUT2D eigenvalue weighted by Crippen LogP contribution is -2.47. The second kappa shape index (κ2) is 8.97. The van der Waals surface area contributed by atoms with Gasteiger partial charge in [0.2, 0.25) is 0 Å². The molecule has 2 N–H and O–H groups in total. The minimum Gasteiger partial charge on any atom is -0.491 e. The van der Waals surface area contributed by atoms with Crippen LogP contribution in [0.15, 0.2) is 48.5 Å². The van der Waals surface area contributed by atoms with Gasteiger partial charge in [0, 0.05) is 6.54 Å². The van der Waals surface area contributed by atoms with E-state index in [-0.39, 0.29) is 25.2 Å². The molecule has 3 rings (SSSR count). The smallest absolute Gasteiger partial charge is 0.411 e. The van der Waals surface area contributed by atoms with Crippen molar-refractivity contribution in [2.75, 3.05) is 13.2 Å². The third kappa shape index (κ3) is 6.16. The molecule has 2 aromatic carbocycles. The van der Waals surface area contributed by atoms with Crippen molar-refractivity contribution in [3.63, 3.8) is 0 Å². The SMILES string of the molecule is O=C(NCc1cccc(COCC(F)(F)F)c1)NC1COc2ccccc2C1. The number of fused-ring (bicyclic) bond motifs is 1. The third-order valence-corrected chi connectivity index (χ3v) is 4.19. The molecule has 1 aliphatic rings. The molecule has 0 spiro atoms. The standard InChI is InChI=1S/C20H21F3N2O3/c21-20(22,23)13-27-11-15-5-3-4-14(8-15)10-24-19(26)25-17-9-16-6-1-2-7-18(16)28-12-17/h1-8,17H,9-13H2,(H2,24,25,26). The van der Waals surface area contributed by atoms with Gasteiger partial charge in [-0.25, -0.2) is 4.79 Å². The van der Waals surface area contributed by atoms with Crippen LogP contribution in [0.3, 0.4) is 0 Å². The Bertz CT molecular complexity index is 811. The first kappa shape index (κ1) is 20.0. The zero-order chi connectivity index (χ0) is 20.0. The van der Waals surface area contributed by atoms with Crippen LogP contribution in [-0.4, -0.2) is 31.5 Å². The average Bonchev–Trinajstić information content (AvgIpc) is 2.66. The lowest BCUT2D eigenvalue weighted by molar-refractivity contribution is -0.176. The number of nitrogens with one attached hydrogen (secondary N) is 2. The number of benzene rings is 2. The molecule has 2 aromatic rings.